The minimum Gasteiger partial charge on any atom is -0.257 e. The van der Waals surface area contributed by atoms with E-state index in [4.69, 9.17) is 15.0 Å². The van der Waals surface area contributed by atoms with Crippen LogP contribution in [-0.2, 0) is 13.5 Å². The molecule has 152 valence electrons. The first kappa shape index (κ1) is 19.1. The van der Waals surface area contributed by atoms with Crippen molar-refractivity contribution in [1.82, 2.24) is 15.0 Å². The van der Waals surface area contributed by atoms with Gasteiger partial charge in [0, 0.05) is 29.7 Å². The van der Waals surface area contributed by atoms with Crippen molar-refractivity contribution in [3.63, 3.8) is 0 Å². The maximum atomic E-state index is 4.80. The van der Waals surface area contributed by atoms with Gasteiger partial charge in [-0.05, 0) is 55.8 Å². The van der Waals surface area contributed by atoms with Crippen LogP contribution in [0.5, 0.6) is 0 Å². The molecular formula is C26H29N4+. The molecule has 2 aliphatic carbocycles. The first-order chi connectivity index (χ1) is 14.5. The van der Waals surface area contributed by atoms with Crippen molar-refractivity contribution >= 4 is 5.57 Å². The van der Waals surface area contributed by atoms with Gasteiger partial charge in [-0.15, -0.1) is 0 Å². The van der Waals surface area contributed by atoms with E-state index in [0.717, 1.165) is 29.1 Å². The van der Waals surface area contributed by atoms with Gasteiger partial charge in [0.2, 0.25) is 0 Å². The number of rotatable bonds is 3. The number of aromatic nitrogens is 4. The molecule has 2 heterocycles. The summed E-state index contributed by atoms with van der Waals surface area (Å²) in [6, 6.07) is 4.55. The maximum absolute atomic E-state index is 4.80. The summed E-state index contributed by atoms with van der Waals surface area (Å²) < 4.78 is 2.16. The fourth-order valence-corrected chi connectivity index (χ4v) is 5.10. The van der Waals surface area contributed by atoms with E-state index in [0.29, 0.717) is 5.92 Å². The SMILES string of the molecule is Cc1cc(C)c(C)c(-c2c3c(nc[n+]2C)C(c2cnc(C4CCCC4)cn2)=CC3)c1. The molecule has 30 heavy (non-hydrogen) atoms. The van der Waals surface area contributed by atoms with E-state index in [9.17, 15) is 0 Å². The zero-order chi connectivity index (χ0) is 20.8. The third-order valence-electron chi connectivity index (χ3n) is 6.84. The second-order valence-corrected chi connectivity index (χ2v) is 8.92. The van der Waals surface area contributed by atoms with Crippen LogP contribution in [0, 0.1) is 20.8 Å². The number of hydrogen-bond donors (Lipinski definition) is 0. The van der Waals surface area contributed by atoms with Crippen LogP contribution in [0.3, 0.4) is 0 Å². The summed E-state index contributed by atoms with van der Waals surface area (Å²) in [5.74, 6) is 0.590. The lowest BCUT2D eigenvalue weighted by Gasteiger charge is -2.13. The lowest BCUT2D eigenvalue weighted by Crippen LogP contribution is -2.33. The van der Waals surface area contributed by atoms with Gasteiger partial charge in [-0.2, -0.15) is 0 Å². The van der Waals surface area contributed by atoms with Crippen LogP contribution in [0.2, 0.25) is 0 Å². The average molecular weight is 398 g/mol. The summed E-state index contributed by atoms with van der Waals surface area (Å²) in [5.41, 5.74) is 12.0. The van der Waals surface area contributed by atoms with E-state index in [-0.39, 0.29) is 0 Å². The van der Waals surface area contributed by atoms with Crippen LogP contribution < -0.4 is 4.57 Å². The van der Waals surface area contributed by atoms with Crippen molar-refractivity contribution in [1.29, 1.82) is 0 Å². The van der Waals surface area contributed by atoms with Gasteiger partial charge < -0.3 is 0 Å². The Hall–Kier alpha value is -2.88. The van der Waals surface area contributed by atoms with Crippen LogP contribution in [0.1, 0.15) is 70.9 Å². The van der Waals surface area contributed by atoms with Crippen LogP contribution >= 0.6 is 0 Å². The van der Waals surface area contributed by atoms with Gasteiger partial charge in [-0.3, -0.25) is 9.97 Å². The highest BCUT2D eigenvalue weighted by Gasteiger charge is 2.30. The van der Waals surface area contributed by atoms with E-state index in [1.54, 1.807) is 0 Å². The second kappa shape index (κ2) is 7.42. The number of nitrogens with zero attached hydrogens (tertiary/aromatic N) is 4. The Morgan fingerprint density at radius 3 is 2.50 bits per heavy atom. The summed E-state index contributed by atoms with van der Waals surface area (Å²) >= 11 is 0. The molecule has 0 bridgehead atoms. The van der Waals surface area contributed by atoms with Crippen LogP contribution in [0.4, 0.5) is 0 Å². The average Bonchev–Trinajstić information content (AvgIpc) is 3.41. The molecule has 1 aromatic carbocycles. The Morgan fingerprint density at radius 2 is 1.77 bits per heavy atom. The first-order valence-electron chi connectivity index (χ1n) is 11.0. The number of aryl methyl sites for hydroxylation is 3. The summed E-state index contributed by atoms with van der Waals surface area (Å²) in [6.45, 7) is 6.58. The molecule has 0 atom stereocenters. The van der Waals surface area contributed by atoms with Gasteiger partial charge in [0.25, 0.3) is 6.33 Å². The highest BCUT2D eigenvalue weighted by Crippen LogP contribution is 2.37. The fourth-order valence-electron chi connectivity index (χ4n) is 5.10. The summed E-state index contributed by atoms with van der Waals surface area (Å²) in [6.07, 6.45) is 14.1. The zero-order valence-corrected chi connectivity index (χ0v) is 18.4. The molecule has 3 aromatic rings. The highest BCUT2D eigenvalue weighted by molar-refractivity contribution is 5.84. The van der Waals surface area contributed by atoms with Crippen LogP contribution in [0.25, 0.3) is 16.8 Å². The molecule has 0 saturated heterocycles. The molecule has 0 N–H and O–H groups in total. The molecule has 4 heteroatoms. The predicted molar refractivity (Wildman–Crippen MR) is 119 cm³/mol. The van der Waals surface area contributed by atoms with Crippen molar-refractivity contribution in [3.05, 3.63) is 76.3 Å². The van der Waals surface area contributed by atoms with Gasteiger partial charge >= 0.3 is 0 Å². The first-order valence-corrected chi connectivity index (χ1v) is 11.0. The second-order valence-electron chi connectivity index (χ2n) is 8.92. The fraction of sp³-hybridized carbons (Fsp3) is 0.385. The Labute approximate surface area is 178 Å². The molecule has 0 spiro atoms. The van der Waals surface area contributed by atoms with Gasteiger partial charge in [0.1, 0.15) is 5.69 Å². The van der Waals surface area contributed by atoms with E-state index in [2.05, 4.69) is 50.6 Å². The molecule has 2 aliphatic rings. The largest absolute Gasteiger partial charge is 0.287 e. The summed E-state index contributed by atoms with van der Waals surface area (Å²) in [5, 5.41) is 0. The van der Waals surface area contributed by atoms with Crippen molar-refractivity contribution in [2.24, 2.45) is 7.05 Å². The molecular weight excluding hydrogens is 368 g/mol. The Kier molecular flexibility index (Phi) is 4.73. The van der Waals surface area contributed by atoms with Crippen LogP contribution in [0.15, 0.2) is 36.9 Å². The normalized spacial score (nSPS) is 16.1. The number of fused-ring (bicyclic) bond motifs is 1. The predicted octanol–water partition coefficient (Wildman–Crippen LogP) is 4.93. The summed E-state index contributed by atoms with van der Waals surface area (Å²) in [7, 11) is 2.09. The Bertz CT molecular complexity index is 1150. The highest BCUT2D eigenvalue weighted by atomic mass is 15.0. The van der Waals surface area contributed by atoms with E-state index in [1.807, 2.05) is 18.7 Å². The van der Waals surface area contributed by atoms with E-state index >= 15 is 0 Å². The quantitative estimate of drug-likeness (QED) is 0.588. The molecule has 2 aromatic heterocycles. The molecule has 0 radical (unpaired) electrons. The molecule has 1 saturated carbocycles. The standard InChI is InChI=1S/C26H29N4/c1-16-11-17(2)18(3)22(12-16)26-21-10-9-20(25(21)29-15-30(26)4)24-14-27-23(13-28-24)19-7-5-6-8-19/h9,11-15,19H,5-8,10H2,1-4H3/q+1. The van der Waals surface area contributed by atoms with E-state index in [1.165, 1.54) is 59.2 Å². The van der Waals surface area contributed by atoms with Crippen molar-refractivity contribution in [3.8, 4) is 11.3 Å². The van der Waals surface area contributed by atoms with Crippen LogP contribution in [-0.4, -0.2) is 15.0 Å². The van der Waals surface area contributed by atoms with Gasteiger partial charge in [0.15, 0.2) is 5.69 Å². The van der Waals surface area contributed by atoms with E-state index < -0.39 is 0 Å². The number of allylic oxidation sites excluding steroid dienone is 1. The topological polar surface area (TPSA) is 42.5 Å². The Morgan fingerprint density at radius 1 is 0.967 bits per heavy atom. The minimum atomic E-state index is 0.590. The molecule has 0 unspecified atom stereocenters. The number of hydrogen-bond acceptors (Lipinski definition) is 3. The van der Waals surface area contributed by atoms with Gasteiger partial charge in [-0.25, -0.2) is 4.57 Å². The molecule has 4 nitrogen and oxygen atoms in total. The maximum Gasteiger partial charge on any atom is 0.287 e. The van der Waals surface area contributed by atoms with Gasteiger partial charge in [0.05, 0.1) is 30.2 Å². The van der Waals surface area contributed by atoms with Crippen molar-refractivity contribution in [2.45, 2.75) is 58.8 Å². The number of benzene rings is 1. The minimum absolute atomic E-state index is 0.590. The molecule has 5 rings (SSSR count). The lowest BCUT2D eigenvalue weighted by molar-refractivity contribution is -0.663. The lowest BCUT2D eigenvalue weighted by atomic mass is 9.94. The smallest absolute Gasteiger partial charge is 0.257 e. The van der Waals surface area contributed by atoms with Crippen molar-refractivity contribution in [2.75, 3.05) is 0 Å². The Balaban J connectivity index is 1.55. The third-order valence-corrected chi connectivity index (χ3v) is 6.84. The summed E-state index contributed by atoms with van der Waals surface area (Å²) in [4.78, 5) is 14.4. The molecule has 0 aliphatic heterocycles. The van der Waals surface area contributed by atoms with Gasteiger partial charge in [-0.1, -0.05) is 30.5 Å². The molecule has 0 amide bonds. The van der Waals surface area contributed by atoms with Crippen molar-refractivity contribution < 1.29 is 4.57 Å². The monoisotopic (exact) mass is 397 g/mol. The molecule has 1 fully saturated rings. The zero-order valence-electron chi connectivity index (χ0n) is 18.4. The third kappa shape index (κ3) is 3.15.